The molecule has 0 unspecified atom stereocenters. The molecule has 2 saturated heterocycles. The standard InChI is InChI=1S/C26H36O7/c1-17(2)6-11-21-25(3,33-21)23-22(29-5)20(12-14-26(23)16-31-26)32-24(27)30-15-13-18-7-9-19(28-4)10-8-18/h6-10,20-23H,11-16H2,1-5H3/t20-,21-,22-,23-,25+,26+/m1/s1. The van der Waals surface area contributed by atoms with Crippen molar-refractivity contribution in [2.24, 2.45) is 5.92 Å². The molecule has 33 heavy (non-hydrogen) atoms. The zero-order valence-electron chi connectivity index (χ0n) is 20.3. The summed E-state index contributed by atoms with van der Waals surface area (Å²) in [4.78, 5) is 12.5. The fraction of sp³-hybridized carbons (Fsp3) is 0.654. The summed E-state index contributed by atoms with van der Waals surface area (Å²) < 4.78 is 34.3. The van der Waals surface area contributed by atoms with Crippen molar-refractivity contribution in [2.45, 2.75) is 76.0 Å². The number of hydrogen-bond donors (Lipinski definition) is 0. The second-order valence-electron chi connectivity index (χ2n) is 9.73. The van der Waals surface area contributed by atoms with Crippen LogP contribution in [0.5, 0.6) is 5.75 Å². The highest BCUT2D eigenvalue weighted by atomic mass is 16.7. The molecule has 1 aromatic rings. The topological polar surface area (TPSA) is 79.1 Å². The van der Waals surface area contributed by atoms with Gasteiger partial charge in [-0.2, -0.15) is 0 Å². The third-order valence-corrected chi connectivity index (χ3v) is 7.25. The third-order valence-electron chi connectivity index (χ3n) is 7.25. The van der Waals surface area contributed by atoms with Gasteiger partial charge in [0.1, 0.15) is 29.2 Å². The average molecular weight is 461 g/mol. The Bertz CT molecular complexity index is 856. The van der Waals surface area contributed by atoms with E-state index in [1.165, 1.54) is 5.57 Å². The van der Waals surface area contributed by atoms with E-state index in [1.807, 2.05) is 24.3 Å². The van der Waals surface area contributed by atoms with Crippen LogP contribution in [-0.4, -0.2) is 63.1 Å². The van der Waals surface area contributed by atoms with Gasteiger partial charge < -0.3 is 28.4 Å². The molecule has 1 aliphatic carbocycles. The van der Waals surface area contributed by atoms with Crippen LogP contribution in [0.15, 0.2) is 35.9 Å². The van der Waals surface area contributed by atoms with E-state index >= 15 is 0 Å². The molecule has 1 spiro atoms. The lowest BCUT2D eigenvalue weighted by Crippen LogP contribution is -2.55. The molecule has 1 aromatic carbocycles. The molecular formula is C26H36O7. The summed E-state index contributed by atoms with van der Waals surface area (Å²) >= 11 is 0. The summed E-state index contributed by atoms with van der Waals surface area (Å²) in [5.74, 6) is 0.793. The van der Waals surface area contributed by atoms with E-state index < -0.39 is 12.3 Å². The number of methoxy groups -OCH3 is 2. The Morgan fingerprint density at radius 3 is 2.55 bits per heavy atom. The molecule has 0 amide bonds. The zero-order valence-corrected chi connectivity index (χ0v) is 20.3. The monoisotopic (exact) mass is 460 g/mol. The van der Waals surface area contributed by atoms with Gasteiger partial charge in [0.05, 0.1) is 32.3 Å². The summed E-state index contributed by atoms with van der Waals surface area (Å²) in [5.41, 5.74) is 1.73. The van der Waals surface area contributed by atoms with Crippen LogP contribution in [-0.2, 0) is 30.1 Å². The van der Waals surface area contributed by atoms with E-state index in [4.69, 9.17) is 28.4 Å². The SMILES string of the molecule is COc1ccc(CCOC(=O)O[C@@H]2CC[C@]3(CO3)[C@@H]([C@@]3(C)O[C@@H]3CC=C(C)C)[C@@H]2OC)cc1. The van der Waals surface area contributed by atoms with Crippen LogP contribution >= 0.6 is 0 Å². The van der Waals surface area contributed by atoms with Gasteiger partial charge in [-0.05, 0) is 57.7 Å². The van der Waals surface area contributed by atoms with E-state index in [9.17, 15) is 4.79 Å². The molecule has 4 rings (SSSR count). The van der Waals surface area contributed by atoms with Crippen molar-refractivity contribution in [3.05, 3.63) is 41.5 Å². The smallest absolute Gasteiger partial charge is 0.497 e. The molecule has 2 heterocycles. The molecular weight excluding hydrogens is 424 g/mol. The highest BCUT2D eigenvalue weighted by Crippen LogP contribution is 2.59. The number of carbonyl (C=O) groups excluding carboxylic acids is 1. The van der Waals surface area contributed by atoms with Gasteiger partial charge in [0, 0.05) is 13.5 Å². The lowest BCUT2D eigenvalue weighted by molar-refractivity contribution is -0.127. The van der Waals surface area contributed by atoms with E-state index in [2.05, 4.69) is 26.8 Å². The third kappa shape index (κ3) is 5.20. The highest BCUT2D eigenvalue weighted by molar-refractivity contribution is 5.60. The minimum absolute atomic E-state index is 0.00332. The number of epoxide rings is 2. The minimum Gasteiger partial charge on any atom is -0.497 e. The van der Waals surface area contributed by atoms with Gasteiger partial charge in [0.25, 0.3) is 0 Å². The van der Waals surface area contributed by atoms with Gasteiger partial charge in [-0.3, -0.25) is 0 Å². The van der Waals surface area contributed by atoms with Crippen LogP contribution in [0.1, 0.15) is 45.6 Å². The lowest BCUT2D eigenvalue weighted by Gasteiger charge is -2.42. The molecule has 1 saturated carbocycles. The fourth-order valence-corrected chi connectivity index (χ4v) is 5.27. The molecule has 0 radical (unpaired) electrons. The molecule has 2 aliphatic heterocycles. The Labute approximate surface area is 196 Å². The van der Waals surface area contributed by atoms with Crippen LogP contribution in [0.3, 0.4) is 0 Å². The Kier molecular flexibility index (Phi) is 7.03. The van der Waals surface area contributed by atoms with E-state index in [1.54, 1.807) is 14.2 Å². The lowest BCUT2D eigenvalue weighted by atomic mass is 9.68. The van der Waals surface area contributed by atoms with Crippen molar-refractivity contribution in [3.63, 3.8) is 0 Å². The summed E-state index contributed by atoms with van der Waals surface area (Å²) in [6.07, 6.45) is 3.92. The predicted octanol–water partition coefficient (Wildman–Crippen LogP) is 4.47. The van der Waals surface area contributed by atoms with Gasteiger partial charge >= 0.3 is 6.16 Å². The van der Waals surface area contributed by atoms with Crippen molar-refractivity contribution in [3.8, 4) is 5.75 Å². The molecule has 0 N–H and O–H groups in total. The van der Waals surface area contributed by atoms with Crippen molar-refractivity contribution in [2.75, 3.05) is 27.4 Å². The Hall–Kier alpha value is -2.09. The first-order valence-electron chi connectivity index (χ1n) is 11.8. The minimum atomic E-state index is -0.662. The van der Waals surface area contributed by atoms with E-state index in [0.717, 1.165) is 24.2 Å². The first-order valence-corrected chi connectivity index (χ1v) is 11.8. The van der Waals surface area contributed by atoms with Crippen molar-refractivity contribution < 1.29 is 33.2 Å². The molecule has 3 fully saturated rings. The number of allylic oxidation sites excluding steroid dienone is 1. The van der Waals surface area contributed by atoms with Crippen molar-refractivity contribution >= 4 is 6.16 Å². The Balaban J connectivity index is 1.34. The van der Waals surface area contributed by atoms with Gasteiger partial charge in [0.15, 0.2) is 0 Å². The normalized spacial score (nSPS) is 34.5. The maximum atomic E-state index is 12.5. The Morgan fingerprint density at radius 2 is 1.94 bits per heavy atom. The number of hydrogen-bond acceptors (Lipinski definition) is 7. The molecule has 182 valence electrons. The molecule has 3 aliphatic rings. The fourth-order valence-electron chi connectivity index (χ4n) is 5.27. The van der Waals surface area contributed by atoms with Gasteiger partial charge in [-0.15, -0.1) is 0 Å². The quantitative estimate of drug-likeness (QED) is 0.306. The number of rotatable bonds is 9. The van der Waals surface area contributed by atoms with Crippen LogP contribution < -0.4 is 4.74 Å². The second-order valence-corrected chi connectivity index (χ2v) is 9.73. The summed E-state index contributed by atoms with van der Waals surface area (Å²) in [6.45, 7) is 7.26. The first kappa shape index (κ1) is 24.0. The van der Waals surface area contributed by atoms with Gasteiger partial charge in [-0.25, -0.2) is 4.79 Å². The summed E-state index contributed by atoms with van der Waals surface area (Å²) in [7, 11) is 3.30. The van der Waals surface area contributed by atoms with E-state index in [0.29, 0.717) is 19.4 Å². The largest absolute Gasteiger partial charge is 0.508 e. The first-order chi connectivity index (χ1) is 15.8. The highest BCUT2D eigenvalue weighted by Gasteiger charge is 2.72. The molecule has 7 heteroatoms. The van der Waals surface area contributed by atoms with Crippen LogP contribution in [0.2, 0.25) is 0 Å². The second kappa shape index (κ2) is 9.65. The zero-order chi connectivity index (χ0) is 23.6. The molecule has 6 atom stereocenters. The molecule has 0 aromatic heterocycles. The van der Waals surface area contributed by atoms with Crippen LogP contribution in [0, 0.1) is 5.92 Å². The maximum Gasteiger partial charge on any atom is 0.508 e. The van der Waals surface area contributed by atoms with Crippen LogP contribution in [0.4, 0.5) is 4.79 Å². The maximum absolute atomic E-state index is 12.5. The Morgan fingerprint density at radius 1 is 1.21 bits per heavy atom. The molecule has 0 bridgehead atoms. The van der Waals surface area contributed by atoms with E-state index in [-0.39, 0.29) is 35.9 Å². The number of benzene rings is 1. The summed E-state index contributed by atoms with van der Waals surface area (Å²) in [6, 6.07) is 7.69. The average Bonchev–Trinajstić information content (AvgIpc) is 3.71. The van der Waals surface area contributed by atoms with Crippen molar-refractivity contribution in [1.82, 2.24) is 0 Å². The van der Waals surface area contributed by atoms with Gasteiger partial charge in [0.2, 0.25) is 0 Å². The van der Waals surface area contributed by atoms with Crippen molar-refractivity contribution in [1.29, 1.82) is 0 Å². The summed E-state index contributed by atoms with van der Waals surface area (Å²) in [5, 5.41) is 0. The van der Waals surface area contributed by atoms with Crippen LogP contribution in [0.25, 0.3) is 0 Å². The van der Waals surface area contributed by atoms with Gasteiger partial charge in [-0.1, -0.05) is 23.8 Å². The number of ether oxygens (including phenoxy) is 6. The predicted molar refractivity (Wildman–Crippen MR) is 122 cm³/mol. The number of carbonyl (C=O) groups is 1. The molecule has 7 nitrogen and oxygen atoms in total.